The van der Waals surface area contributed by atoms with Gasteiger partial charge in [-0.3, -0.25) is 4.90 Å². The first-order valence-electron chi connectivity index (χ1n) is 11.9. The van der Waals surface area contributed by atoms with Gasteiger partial charge in [-0.05, 0) is 109 Å². The van der Waals surface area contributed by atoms with Crippen LogP contribution in [0.1, 0.15) is 41.5 Å². The van der Waals surface area contributed by atoms with Gasteiger partial charge < -0.3 is 14.9 Å². The number of hydrogen-bond acceptors (Lipinski definition) is 4. The zero-order valence-corrected chi connectivity index (χ0v) is 19.0. The molecule has 3 aromatic rings. The molecule has 4 nitrogen and oxygen atoms in total. The summed E-state index contributed by atoms with van der Waals surface area (Å²) < 4.78 is 6.00. The lowest BCUT2D eigenvalue weighted by atomic mass is 9.95. The Morgan fingerprint density at radius 3 is 2.27 bits per heavy atom. The Kier molecular flexibility index (Phi) is 6.36. The molecule has 1 aliphatic carbocycles. The minimum Gasteiger partial charge on any atom is -0.508 e. The van der Waals surface area contributed by atoms with E-state index in [2.05, 4.69) is 29.2 Å². The summed E-state index contributed by atoms with van der Waals surface area (Å²) in [5.74, 6) is 1.48. The SMILES string of the molecule is Oc1ccc(C2=C(Cc3ccc(OCCN4CCCCC4)cc3)c3ccc(O)cc3C2)cc1. The molecule has 5 rings (SSSR count). The molecule has 0 saturated carbocycles. The number of benzene rings is 3. The molecule has 170 valence electrons. The summed E-state index contributed by atoms with van der Waals surface area (Å²) in [5.41, 5.74) is 7.19. The van der Waals surface area contributed by atoms with E-state index in [4.69, 9.17) is 4.74 Å². The zero-order valence-electron chi connectivity index (χ0n) is 19.0. The molecular weight excluding hydrogens is 410 g/mol. The van der Waals surface area contributed by atoms with Crippen molar-refractivity contribution in [1.82, 2.24) is 4.90 Å². The fourth-order valence-electron chi connectivity index (χ4n) is 5.00. The van der Waals surface area contributed by atoms with Gasteiger partial charge in [-0.15, -0.1) is 0 Å². The molecule has 1 aliphatic heterocycles. The van der Waals surface area contributed by atoms with Crippen molar-refractivity contribution in [3.63, 3.8) is 0 Å². The van der Waals surface area contributed by atoms with Crippen LogP contribution < -0.4 is 4.74 Å². The first-order chi connectivity index (χ1) is 16.2. The molecule has 0 amide bonds. The molecule has 0 unspecified atom stereocenters. The summed E-state index contributed by atoms with van der Waals surface area (Å²) in [6.45, 7) is 4.11. The van der Waals surface area contributed by atoms with Gasteiger partial charge in [-0.1, -0.05) is 36.8 Å². The largest absolute Gasteiger partial charge is 0.508 e. The lowest BCUT2D eigenvalue weighted by Crippen LogP contribution is -2.33. The molecule has 3 aromatic carbocycles. The van der Waals surface area contributed by atoms with Crippen LogP contribution in [0, 0.1) is 0 Å². The van der Waals surface area contributed by atoms with Crippen LogP contribution in [0.2, 0.25) is 0 Å². The van der Waals surface area contributed by atoms with Crippen molar-refractivity contribution in [2.75, 3.05) is 26.2 Å². The molecule has 0 bridgehead atoms. The molecule has 2 N–H and O–H groups in total. The van der Waals surface area contributed by atoms with Gasteiger partial charge in [0.05, 0.1) is 0 Å². The molecule has 0 atom stereocenters. The van der Waals surface area contributed by atoms with Gasteiger partial charge in [0, 0.05) is 6.54 Å². The van der Waals surface area contributed by atoms with Crippen LogP contribution in [0.3, 0.4) is 0 Å². The maximum absolute atomic E-state index is 9.98. The second-order valence-electron chi connectivity index (χ2n) is 9.09. The van der Waals surface area contributed by atoms with Gasteiger partial charge in [0.2, 0.25) is 0 Å². The molecule has 0 aromatic heterocycles. The van der Waals surface area contributed by atoms with Gasteiger partial charge in [-0.25, -0.2) is 0 Å². The van der Waals surface area contributed by atoms with E-state index < -0.39 is 0 Å². The predicted molar refractivity (Wildman–Crippen MR) is 133 cm³/mol. The molecular formula is C29H31NO3. The molecule has 33 heavy (non-hydrogen) atoms. The molecule has 0 spiro atoms. The van der Waals surface area contributed by atoms with Gasteiger partial charge >= 0.3 is 0 Å². The van der Waals surface area contributed by atoms with Crippen LogP contribution in [0.25, 0.3) is 11.1 Å². The number of piperidine rings is 1. The average Bonchev–Trinajstić information content (AvgIpc) is 3.18. The lowest BCUT2D eigenvalue weighted by Gasteiger charge is -2.26. The van der Waals surface area contributed by atoms with E-state index in [1.165, 1.54) is 54.6 Å². The first kappa shape index (κ1) is 21.6. The highest BCUT2D eigenvalue weighted by Gasteiger charge is 2.23. The van der Waals surface area contributed by atoms with Crippen LogP contribution >= 0.6 is 0 Å². The summed E-state index contributed by atoms with van der Waals surface area (Å²) >= 11 is 0. The fourth-order valence-corrected chi connectivity index (χ4v) is 5.00. The third-order valence-corrected chi connectivity index (χ3v) is 6.79. The van der Waals surface area contributed by atoms with Gasteiger partial charge in [0.1, 0.15) is 23.9 Å². The Bertz CT molecular complexity index is 1130. The summed E-state index contributed by atoms with van der Waals surface area (Å²) in [6.07, 6.45) is 5.55. The number of aromatic hydroxyl groups is 2. The van der Waals surface area contributed by atoms with Crippen molar-refractivity contribution in [3.8, 4) is 17.2 Å². The van der Waals surface area contributed by atoms with Gasteiger partial charge in [-0.2, -0.15) is 0 Å². The van der Waals surface area contributed by atoms with Gasteiger partial charge in [0.25, 0.3) is 0 Å². The van der Waals surface area contributed by atoms with Crippen LogP contribution in [-0.2, 0) is 12.8 Å². The van der Waals surface area contributed by atoms with Crippen molar-refractivity contribution in [2.24, 2.45) is 0 Å². The van der Waals surface area contributed by atoms with E-state index in [1.807, 2.05) is 24.3 Å². The van der Waals surface area contributed by atoms with Crippen molar-refractivity contribution >= 4 is 11.1 Å². The number of phenols is 2. The Balaban J connectivity index is 1.31. The van der Waals surface area contributed by atoms with E-state index in [-0.39, 0.29) is 5.75 Å². The Labute approximate surface area is 195 Å². The smallest absolute Gasteiger partial charge is 0.119 e. The highest BCUT2D eigenvalue weighted by Crippen LogP contribution is 2.41. The van der Waals surface area contributed by atoms with Crippen LogP contribution in [0.4, 0.5) is 0 Å². The molecule has 1 saturated heterocycles. The van der Waals surface area contributed by atoms with E-state index in [9.17, 15) is 10.2 Å². The number of hydrogen-bond donors (Lipinski definition) is 2. The minimum atomic E-state index is 0.268. The van der Waals surface area contributed by atoms with E-state index in [1.54, 1.807) is 18.2 Å². The Hall–Kier alpha value is -3.24. The summed E-state index contributed by atoms with van der Waals surface area (Å²) in [7, 11) is 0. The van der Waals surface area contributed by atoms with Crippen LogP contribution in [-0.4, -0.2) is 41.4 Å². The summed E-state index contributed by atoms with van der Waals surface area (Å²) in [4.78, 5) is 2.49. The number of rotatable bonds is 7. The topological polar surface area (TPSA) is 52.9 Å². The normalized spacial score (nSPS) is 16.1. The van der Waals surface area contributed by atoms with E-state index in [0.29, 0.717) is 5.75 Å². The highest BCUT2D eigenvalue weighted by atomic mass is 16.5. The number of ether oxygens (including phenoxy) is 1. The van der Waals surface area contributed by atoms with E-state index >= 15 is 0 Å². The lowest BCUT2D eigenvalue weighted by molar-refractivity contribution is 0.183. The fraction of sp³-hybridized carbons (Fsp3) is 0.310. The molecule has 2 aliphatic rings. The highest BCUT2D eigenvalue weighted by molar-refractivity contribution is 5.98. The van der Waals surface area contributed by atoms with Crippen molar-refractivity contribution in [3.05, 3.63) is 89.0 Å². The molecule has 0 radical (unpaired) electrons. The number of phenolic OH excluding ortho intramolecular Hbond substituents is 2. The third kappa shape index (κ3) is 5.07. The van der Waals surface area contributed by atoms with Crippen molar-refractivity contribution in [2.45, 2.75) is 32.1 Å². The Morgan fingerprint density at radius 2 is 1.52 bits per heavy atom. The zero-order chi connectivity index (χ0) is 22.6. The Morgan fingerprint density at radius 1 is 0.788 bits per heavy atom. The number of allylic oxidation sites excluding steroid dienone is 2. The minimum absolute atomic E-state index is 0.268. The van der Waals surface area contributed by atoms with Gasteiger partial charge in [0.15, 0.2) is 0 Å². The third-order valence-electron chi connectivity index (χ3n) is 6.79. The molecule has 1 heterocycles. The predicted octanol–water partition coefficient (Wildman–Crippen LogP) is 5.67. The summed E-state index contributed by atoms with van der Waals surface area (Å²) in [6, 6.07) is 21.5. The second kappa shape index (κ2) is 9.72. The first-order valence-corrected chi connectivity index (χ1v) is 11.9. The number of likely N-dealkylation sites (tertiary alicyclic amines) is 1. The van der Waals surface area contributed by atoms with Crippen LogP contribution in [0.15, 0.2) is 66.7 Å². The summed E-state index contributed by atoms with van der Waals surface area (Å²) in [5, 5.41) is 19.7. The van der Waals surface area contributed by atoms with Crippen molar-refractivity contribution < 1.29 is 14.9 Å². The maximum atomic E-state index is 9.98. The second-order valence-corrected chi connectivity index (χ2v) is 9.09. The number of fused-ring (bicyclic) bond motifs is 1. The van der Waals surface area contributed by atoms with E-state index in [0.717, 1.165) is 42.9 Å². The quantitative estimate of drug-likeness (QED) is 0.496. The molecule has 1 fully saturated rings. The number of nitrogens with zero attached hydrogens (tertiary/aromatic N) is 1. The average molecular weight is 442 g/mol. The monoisotopic (exact) mass is 441 g/mol. The molecule has 4 heteroatoms. The maximum Gasteiger partial charge on any atom is 0.119 e. The standard InChI is InChI=1S/C29H31NO3/c31-24-8-6-22(7-9-24)28-20-23-19-25(32)10-13-27(23)29(28)18-21-4-11-26(12-5-21)33-17-16-30-14-2-1-3-15-30/h4-13,19,31-32H,1-3,14-18,20H2. The van der Waals surface area contributed by atoms with Crippen LogP contribution in [0.5, 0.6) is 17.2 Å². The van der Waals surface area contributed by atoms with Crippen molar-refractivity contribution in [1.29, 1.82) is 0 Å².